The third kappa shape index (κ3) is 4.80. The van der Waals surface area contributed by atoms with Gasteiger partial charge < -0.3 is 10.2 Å². The maximum atomic E-state index is 12.2. The Morgan fingerprint density at radius 2 is 1.81 bits per heavy atom. The summed E-state index contributed by atoms with van der Waals surface area (Å²) in [6.45, 7) is 3.26. The molecule has 1 N–H and O–H groups in total. The molecule has 0 atom stereocenters. The Morgan fingerprint density at radius 3 is 2.46 bits per heavy atom. The number of nitro groups is 1. The topological polar surface area (TPSA) is 78.7 Å². The minimum absolute atomic E-state index is 0.0453. The van der Waals surface area contributed by atoms with E-state index in [4.69, 9.17) is 0 Å². The van der Waals surface area contributed by atoms with Crippen LogP contribution in [0, 0.1) is 10.1 Å². The largest absolute Gasteiger partial charge is 0.369 e. The van der Waals surface area contributed by atoms with Crippen molar-refractivity contribution >= 4 is 38.9 Å². The molecule has 26 heavy (non-hydrogen) atoms. The Morgan fingerprint density at radius 1 is 1.12 bits per heavy atom. The molecule has 0 radical (unpaired) electrons. The number of carbonyl (C=O) groups is 1. The molecule has 0 unspecified atom stereocenters. The number of carbonyl (C=O) groups excluding carboxylic acids is 1. The summed E-state index contributed by atoms with van der Waals surface area (Å²) in [6, 6.07) is 14.1. The smallest absolute Gasteiger partial charge is 0.271 e. The molecule has 1 fully saturated rings. The van der Waals surface area contributed by atoms with Gasteiger partial charge in [-0.05, 0) is 30.3 Å². The van der Waals surface area contributed by atoms with Crippen LogP contribution in [0.25, 0.3) is 0 Å². The van der Waals surface area contributed by atoms with Gasteiger partial charge in [-0.2, -0.15) is 0 Å². The number of nitrogens with zero attached hydrogens (tertiary/aromatic N) is 3. The summed E-state index contributed by atoms with van der Waals surface area (Å²) in [5, 5.41) is 13.8. The molecular formula is C18H19BrN4O3. The van der Waals surface area contributed by atoms with E-state index in [0.717, 1.165) is 42.0 Å². The fraction of sp³-hybridized carbons (Fsp3) is 0.278. The van der Waals surface area contributed by atoms with Gasteiger partial charge in [0.15, 0.2) is 0 Å². The zero-order valence-corrected chi connectivity index (χ0v) is 15.7. The maximum Gasteiger partial charge on any atom is 0.271 e. The van der Waals surface area contributed by atoms with E-state index in [1.807, 2.05) is 30.3 Å². The minimum Gasteiger partial charge on any atom is -0.369 e. The summed E-state index contributed by atoms with van der Waals surface area (Å²) in [6.07, 6.45) is 0. The first-order chi connectivity index (χ1) is 12.5. The first-order valence-corrected chi connectivity index (χ1v) is 9.08. The van der Waals surface area contributed by atoms with Crippen LogP contribution in [0.3, 0.4) is 0 Å². The second-order valence-electron chi connectivity index (χ2n) is 6.10. The Hall–Kier alpha value is -2.45. The van der Waals surface area contributed by atoms with Gasteiger partial charge in [-0.1, -0.05) is 22.0 Å². The number of non-ortho nitro benzene ring substituents is 1. The molecular weight excluding hydrogens is 400 g/mol. The van der Waals surface area contributed by atoms with Crippen molar-refractivity contribution in [1.29, 1.82) is 0 Å². The molecule has 1 aliphatic heterocycles. The minimum atomic E-state index is -0.383. The average Bonchev–Trinajstić information content (AvgIpc) is 2.64. The van der Waals surface area contributed by atoms with Crippen molar-refractivity contribution in [2.75, 3.05) is 42.9 Å². The second-order valence-corrected chi connectivity index (χ2v) is 7.01. The van der Waals surface area contributed by atoms with E-state index in [1.54, 1.807) is 12.1 Å². The van der Waals surface area contributed by atoms with E-state index in [1.165, 1.54) is 6.07 Å². The van der Waals surface area contributed by atoms with E-state index in [9.17, 15) is 14.9 Å². The number of anilines is 2. The molecule has 2 aromatic rings. The second kappa shape index (κ2) is 8.29. The highest BCUT2D eigenvalue weighted by Gasteiger charge is 2.20. The molecule has 1 saturated heterocycles. The fourth-order valence-corrected chi connectivity index (χ4v) is 3.17. The van der Waals surface area contributed by atoms with Crippen LogP contribution in [0.1, 0.15) is 0 Å². The number of hydrogen-bond donors (Lipinski definition) is 1. The van der Waals surface area contributed by atoms with Crippen LogP contribution >= 0.6 is 15.9 Å². The maximum absolute atomic E-state index is 12.2. The lowest BCUT2D eigenvalue weighted by Gasteiger charge is -2.35. The molecule has 0 aliphatic carbocycles. The Balaban J connectivity index is 1.50. The first kappa shape index (κ1) is 18.3. The van der Waals surface area contributed by atoms with Crippen LogP contribution in [-0.4, -0.2) is 48.5 Å². The Labute approximate surface area is 159 Å². The zero-order valence-electron chi connectivity index (χ0n) is 14.1. The summed E-state index contributed by atoms with van der Waals surface area (Å²) in [7, 11) is 0. The SMILES string of the molecule is O=C(CN1CCN(c2cccc([N+](=O)[O-])c2)CC1)Nc1ccc(Br)cc1. The van der Waals surface area contributed by atoms with Crippen molar-refractivity contribution in [2.24, 2.45) is 0 Å². The predicted molar refractivity (Wildman–Crippen MR) is 105 cm³/mol. The first-order valence-electron chi connectivity index (χ1n) is 8.28. The summed E-state index contributed by atoms with van der Waals surface area (Å²) < 4.78 is 0.966. The van der Waals surface area contributed by atoms with Crippen molar-refractivity contribution in [3.8, 4) is 0 Å². The quantitative estimate of drug-likeness (QED) is 0.595. The van der Waals surface area contributed by atoms with E-state index in [2.05, 4.69) is 31.0 Å². The van der Waals surface area contributed by atoms with Gasteiger partial charge in [0, 0.05) is 54.2 Å². The van der Waals surface area contributed by atoms with E-state index in [-0.39, 0.29) is 16.5 Å². The molecule has 1 amide bonds. The number of piperazine rings is 1. The van der Waals surface area contributed by atoms with Crippen molar-refractivity contribution < 1.29 is 9.72 Å². The van der Waals surface area contributed by atoms with Crippen molar-refractivity contribution in [2.45, 2.75) is 0 Å². The number of nitrogens with one attached hydrogen (secondary N) is 1. The number of hydrogen-bond acceptors (Lipinski definition) is 5. The lowest BCUT2D eigenvalue weighted by molar-refractivity contribution is -0.384. The van der Waals surface area contributed by atoms with Crippen molar-refractivity contribution in [3.05, 3.63) is 63.1 Å². The lowest BCUT2D eigenvalue weighted by atomic mass is 10.2. The van der Waals surface area contributed by atoms with Crippen molar-refractivity contribution in [3.63, 3.8) is 0 Å². The molecule has 7 nitrogen and oxygen atoms in total. The third-order valence-corrected chi connectivity index (χ3v) is 4.80. The van der Waals surface area contributed by atoms with Gasteiger partial charge in [-0.25, -0.2) is 0 Å². The molecule has 2 aromatic carbocycles. The number of nitro benzene ring substituents is 1. The van der Waals surface area contributed by atoms with Crippen LogP contribution in [0.2, 0.25) is 0 Å². The normalized spacial score (nSPS) is 14.9. The summed E-state index contributed by atoms with van der Waals surface area (Å²) >= 11 is 3.37. The zero-order chi connectivity index (χ0) is 18.5. The molecule has 3 rings (SSSR count). The standard InChI is InChI=1S/C18H19BrN4O3/c19-14-4-6-15(7-5-14)20-18(24)13-21-8-10-22(11-9-21)16-2-1-3-17(12-16)23(25)26/h1-7,12H,8-11,13H2,(H,20,24). The summed E-state index contributed by atoms with van der Waals surface area (Å²) in [5.74, 6) is -0.0453. The van der Waals surface area contributed by atoms with Gasteiger partial charge in [0.2, 0.25) is 5.91 Å². The molecule has 136 valence electrons. The number of rotatable bonds is 5. The molecule has 1 aliphatic rings. The van der Waals surface area contributed by atoms with Crippen LogP contribution in [0.5, 0.6) is 0 Å². The monoisotopic (exact) mass is 418 g/mol. The van der Waals surface area contributed by atoms with E-state index >= 15 is 0 Å². The molecule has 0 saturated carbocycles. The third-order valence-electron chi connectivity index (χ3n) is 4.27. The van der Waals surface area contributed by atoms with E-state index in [0.29, 0.717) is 6.54 Å². The van der Waals surface area contributed by atoms with Crippen LogP contribution < -0.4 is 10.2 Å². The summed E-state index contributed by atoms with van der Waals surface area (Å²) in [4.78, 5) is 26.9. The van der Waals surface area contributed by atoms with Crippen molar-refractivity contribution in [1.82, 2.24) is 4.90 Å². The molecule has 0 aromatic heterocycles. The van der Waals surface area contributed by atoms with Gasteiger partial charge in [0.1, 0.15) is 0 Å². The highest BCUT2D eigenvalue weighted by molar-refractivity contribution is 9.10. The molecule has 0 spiro atoms. The molecule has 1 heterocycles. The van der Waals surface area contributed by atoms with Crippen LogP contribution in [0.15, 0.2) is 53.0 Å². The summed E-state index contributed by atoms with van der Waals surface area (Å²) in [5.41, 5.74) is 1.71. The predicted octanol–water partition coefficient (Wildman–Crippen LogP) is 3.12. The number of amides is 1. The number of benzene rings is 2. The Bertz CT molecular complexity index is 789. The lowest BCUT2D eigenvalue weighted by Crippen LogP contribution is -2.48. The fourth-order valence-electron chi connectivity index (χ4n) is 2.90. The Kier molecular flexibility index (Phi) is 5.85. The van der Waals surface area contributed by atoms with Crippen LogP contribution in [0.4, 0.5) is 17.1 Å². The average molecular weight is 419 g/mol. The van der Waals surface area contributed by atoms with Gasteiger partial charge in [-0.3, -0.25) is 19.8 Å². The number of halogens is 1. The molecule has 0 bridgehead atoms. The van der Waals surface area contributed by atoms with Gasteiger partial charge in [0.05, 0.1) is 11.5 Å². The van der Waals surface area contributed by atoms with Crippen LogP contribution in [-0.2, 0) is 4.79 Å². The van der Waals surface area contributed by atoms with Gasteiger partial charge in [-0.15, -0.1) is 0 Å². The van der Waals surface area contributed by atoms with Gasteiger partial charge >= 0.3 is 0 Å². The van der Waals surface area contributed by atoms with Gasteiger partial charge in [0.25, 0.3) is 5.69 Å². The highest BCUT2D eigenvalue weighted by Crippen LogP contribution is 2.22. The highest BCUT2D eigenvalue weighted by atomic mass is 79.9. The molecule has 8 heteroatoms. The van der Waals surface area contributed by atoms with E-state index < -0.39 is 0 Å².